The lowest BCUT2D eigenvalue weighted by molar-refractivity contribution is -0.120. The van der Waals surface area contributed by atoms with Crippen molar-refractivity contribution < 1.29 is 4.79 Å². The number of H-pyrrole nitrogens is 1. The molecule has 7 nitrogen and oxygen atoms in total. The Morgan fingerprint density at radius 3 is 2.69 bits per heavy atom. The third kappa shape index (κ3) is 3.48. The molecule has 1 aromatic rings. The number of allylic oxidation sites excluding steroid dienone is 1. The smallest absolute Gasteiger partial charge is 0.254 e. The van der Waals surface area contributed by atoms with Crippen LogP contribution < -0.4 is 10.7 Å². The minimum atomic E-state index is -0.467. The zero-order valence-corrected chi connectivity index (χ0v) is 15.8. The van der Waals surface area contributed by atoms with Gasteiger partial charge in [0.25, 0.3) is 5.91 Å². The van der Waals surface area contributed by atoms with Crippen LogP contribution in [0.15, 0.2) is 28.2 Å². The highest BCUT2D eigenvalue weighted by atomic mass is 16.2. The molecule has 1 aromatic heterocycles. The number of aliphatic imine (C=N–C) groups is 1. The third-order valence-corrected chi connectivity index (χ3v) is 4.97. The van der Waals surface area contributed by atoms with Crippen LogP contribution in [0.25, 0.3) is 6.08 Å². The topological polar surface area (TPSA) is 84.9 Å². The Labute approximate surface area is 154 Å². The molecule has 1 amide bonds. The molecule has 3 heterocycles. The summed E-state index contributed by atoms with van der Waals surface area (Å²) in [6, 6.07) is 0. The highest BCUT2D eigenvalue weighted by molar-refractivity contribution is 6.24. The second-order valence-electron chi connectivity index (χ2n) is 6.49. The zero-order valence-electron chi connectivity index (χ0n) is 15.8. The van der Waals surface area contributed by atoms with Crippen LogP contribution in [0.3, 0.4) is 0 Å². The van der Waals surface area contributed by atoms with E-state index >= 15 is 0 Å². The van der Waals surface area contributed by atoms with Crippen LogP contribution in [-0.2, 0) is 11.3 Å². The van der Waals surface area contributed by atoms with Gasteiger partial charge in [0.15, 0.2) is 0 Å². The van der Waals surface area contributed by atoms with Crippen LogP contribution in [0.5, 0.6) is 0 Å². The molecule has 0 fully saturated rings. The lowest BCUT2D eigenvalue weighted by Crippen LogP contribution is -2.32. The first-order valence-electron chi connectivity index (χ1n) is 8.99. The van der Waals surface area contributed by atoms with E-state index in [0.717, 1.165) is 31.0 Å². The van der Waals surface area contributed by atoms with Crippen molar-refractivity contribution in [2.24, 2.45) is 16.0 Å². The SMILES string of the molecule is CCN(CC)Cc1c(C)[nH]c(C=C2NC=CN=C2C2C=NNC2=O)c1C. The summed E-state index contributed by atoms with van der Waals surface area (Å²) in [4.78, 5) is 22.3. The summed E-state index contributed by atoms with van der Waals surface area (Å²) < 4.78 is 0. The minimum Gasteiger partial charge on any atom is -0.359 e. The number of hydrogen-bond acceptors (Lipinski definition) is 5. The standard InChI is InChI=1S/C19H26N6O/c1-5-25(6-2)11-15-12(3)16(23-13(15)4)9-17-18(21-8-7-20-17)14-10-22-24-19(14)26/h7-10,14,20,23H,5-6,11H2,1-4H3,(H,24,26). The van der Waals surface area contributed by atoms with Gasteiger partial charge in [-0.3, -0.25) is 14.7 Å². The van der Waals surface area contributed by atoms with Gasteiger partial charge < -0.3 is 10.3 Å². The van der Waals surface area contributed by atoms with E-state index in [9.17, 15) is 4.79 Å². The fourth-order valence-corrected chi connectivity index (χ4v) is 3.27. The van der Waals surface area contributed by atoms with Crippen molar-refractivity contribution in [3.05, 3.63) is 40.6 Å². The second-order valence-corrected chi connectivity index (χ2v) is 6.49. The molecule has 2 aliphatic rings. The van der Waals surface area contributed by atoms with E-state index in [1.54, 1.807) is 18.6 Å². The van der Waals surface area contributed by atoms with Crippen LogP contribution in [0.2, 0.25) is 0 Å². The number of carbonyl (C=O) groups is 1. The molecule has 0 aromatic carbocycles. The Bertz CT molecular complexity index is 810. The maximum absolute atomic E-state index is 12.0. The van der Waals surface area contributed by atoms with E-state index in [0.29, 0.717) is 5.71 Å². The number of nitrogens with zero attached hydrogens (tertiary/aromatic N) is 3. The van der Waals surface area contributed by atoms with Crippen LogP contribution in [-0.4, -0.2) is 40.8 Å². The quantitative estimate of drug-likeness (QED) is 0.731. The molecule has 0 saturated carbocycles. The maximum atomic E-state index is 12.0. The zero-order chi connectivity index (χ0) is 18.7. The molecule has 3 N–H and O–H groups in total. The van der Waals surface area contributed by atoms with E-state index < -0.39 is 5.92 Å². The van der Waals surface area contributed by atoms with Crippen LogP contribution in [0, 0.1) is 19.8 Å². The summed E-state index contributed by atoms with van der Waals surface area (Å²) >= 11 is 0. The maximum Gasteiger partial charge on any atom is 0.254 e. The molecule has 7 heteroatoms. The number of aryl methyl sites for hydroxylation is 1. The summed E-state index contributed by atoms with van der Waals surface area (Å²) in [6.07, 6.45) is 7.04. The predicted octanol–water partition coefficient (Wildman–Crippen LogP) is 2.06. The Hall–Kier alpha value is -2.67. The number of carbonyl (C=O) groups excluding carboxylic acids is 1. The highest BCUT2D eigenvalue weighted by Gasteiger charge is 2.29. The number of hydrazone groups is 1. The Morgan fingerprint density at radius 2 is 2.04 bits per heavy atom. The second kappa shape index (κ2) is 7.70. The molecule has 0 bridgehead atoms. The molecular formula is C19H26N6O. The normalized spacial score (nSPS) is 20.7. The van der Waals surface area contributed by atoms with Crippen molar-refractivity contribution in [3.8, 4) is 0 Å². The Morgan fingerprint density at radius 1 is 1.27 bits per heavy atom. The summed E-state index contributed by atoms with van der Waals surface area (Å²) in [5.41, 5.74) is 8.70. The Kier molecular flexibility index (Phi) is 5.37. The van der Waals surface area contributed by atoms with Crippen molar-refractivity contribution in [2.45, 2.75) is 34.2 Å². The number of aromatic nitrogens is 1. The van der Waals surface area contributed by atoms with Gasteiger partial charge in [0, 0.05) is 36.5 Å². The average molecular weight is 354 g/mol. The average Bonchev–Trinajstić information content (AvgIpc) is 3.18. The highest BCUT2D eigenvalue weighted by Crippen LogP contribution is 2.23. The van der Waals surface area contributed by atoms with Crippen molar-refractivity contribution in [3.63, 3.8) is 0 Å². The Balaban J connectivity index is 1.92. The monoisotopic (exact) mass is 354 g/mol. The summed E-state index contributed by atoms with van der Waals surface area (Å²) in [7, 11) is 0. The van der Waals surface area contributed by atoms with Crippen LogP contribution in [0.4, 0.5) is 0 Å². The van der Waals surface area contributed by atoms with Gasteiger partial charge in [0.05, 0.1) is 11.4 Å². The molecule has 138 valence electrons. The molecule has 0 spiro atoms. The van der Waals surface area contributed by atoms with Gasteiger partial charge in [-0.1, -0.05) is 13.8 Å². The van der Waals surface area contributed by atoms with Gasteiger partial charge in [-0.05, 0) is 44.1 Å². The van der Waals surface area contributed by atoms with Gasteiger partial charge in [0.1, 0.15) is 5.92 Å². The van der Waals surface area contributed by atoms with Gasteiger partial charge in [-0.25, -0.2) is 5.43 Å². The number of nitrogens with one attached hydrogen (secondary N) is 3. The van der Waals surface area contributed by atoms with Gasteiger partial charge >= 0.3 is 0 Å². The minimum absolute atomic E-state index is 0.159. The van der Waals surface area contributed by atoms with Crippen molar-refractivity contribution in [2.75, 3.05) is 13.1 Å². The molecule has 1 atom stereocenters. The first-order chi connectivity index (χ1) is 12.5. The summed E-state index contributed by atoms with van der Waals surface area (Å²) in [5, 5.41) is 7.06. The van der Waals surface area contributed by atoms with Crippen molar-refractivity contribution in [1.29, 1.82) is 0 Å². The third-order valence-electron chi connectivity index (χ3n) is 4.97. The number of aromatic amines is 1. The number of amides is 1. The molecule has 2 aliphatic heterocycles. The molecule has 0 saturated heterocycles. The molecule has 1 unspecified atom stereocenters. The lowest BCUT2D eigenvalue weighted by atomic mass is 9.99. The van der Waals surface area contributed by atoms with E-state index in [2.05, 4.69) is 58.4 Å². The van der Waals surface area contributed by atoms with Gasteiger partial charge in [-0.15, -0.1) is 0 Å². The molecule has 26 heavy (non-hydrogen) atoms. The largest absolute Gasteiger partial charge is 0.359 e. The molecule has 0 radical (unpaired) electrons. The number of hydrogen-bond donors (Lipinski definition) is 3. The van der Waals surface area contributed by atoms with E-state index in [1.807, 2.05) is 6.08 Å². The van der Waals surface area contributed by atoms with E-state index in [-0.39, 0.29) is 5.91 Å². The fourth-order valence-electron chi connectivity index (χ4n) is 3.27. The predicted molar refractivity (Wildman–Crippen MR) is 105 cm³/mol. The van der Waals surface area contributed by atoms with Crippen molar-refractivity contribution >= 4 is 23.9 Å². The van der Waals surface area contributed by atoms with Crippen LogP contribution in [0.1, 0.15) is 36.4 Å². The lowest BCUT2D eigenvalue weighted by Gasteiger charge is -2.18. The fraction of sp³-hybridized carbons (Fsp3) is 0.421. The summed E-state index contributed by atoms with van der Waals surface area (Å²) in [5.74, 6) is -0.626. The first kappa shape index (κ1) is 18.1. The van der Waals surface area contributed by atoms with Crippen LogP contribution >= 0.6 is 0 Å². The summed E-state index contributed by atoms with van der Waals surface area (Å²) in [6.45, 7) is 11.6. The molecule has 0 aliphatic carbocycles. The molecular weight excluding hydrogens is 328 g/mol. The van der Waals surface area contributed by atoms with Crippen molar-refractivity contribution in [1.82, 2.24) is 20.6 Å². The first-order valence-corrected chi connectivity index (χ1v) is 8.99. The van der Waals surface area contributed by atoms with E-state index in [4.69, 9.17) is 0 Å². The molecule has 3 rings (SSSR count). The number of rotatable bonds is 6. The van der Waals surface area contributed by atoms with E-state index in [1.165, 1.54) is 16.8 Å². The van der Waals surface area contributed by atoms with Gasteiger partial charge in [-0.2, -0.15) is 5.10 Å². The van der Waals surface area contributed by atoms with Gasteiger partial charge in [0.2, 0.25) is 0 Å².